The lowest BCUT2D eigenvalue weighted by atomic mass is 10.4. The summed E-state index contributed by atoms with van der Waals surface area (Å²) < 4.78 is 0. The average molecular weight is 177 g/mol. The Labute approximate surface area is 76.4 Å². The number of amides is 1. The number of aromatic nitrogens is 1. The number of pyridine rings is 1. The van der Waals surface area contributed by atoms with Crippen LogP contribution in [0.5, 0.6) is 0 Å². The van der Waals surface area contributed by atoms with Crippen molar-refractivity contribution < 1.29 is 4.79 Å². The molecule has 0 atom stereocenters. The molecule has 2 heterocycles. The van der Waals surface area contributed by atoms with Crippen molar-refractivity contribution in [2.45, 2.75) is 12.8 Å². The molecule has 13 heavy (non-hydrogen) atoms. The Balaban J connectivity index is 2.25. The third-order valence-corrected chi connectivity index (χ3v) is 2.12. The molecule has 1 aromatic heterocycles. The van der Waals surface area contributed by atoms with Crippen molar-refractivity contribution in [1.29, 1.82) is 0 Å². The van der Waals surface area contributed by atoms with E-state index in [1.165, 1.54) is 0 Å². The van der Waals surface area contributed by atoms with Crippen LogP contribution < -0.4 is 10.6 Å². The Morgan fingerprint density at radius 2 is 2.31 bits per heavy atom. The molecular weight excluding hydrogens is 166 g/mol. The van der Waals surface area contributed by atoms with E-state index in [2.05, 4.69) is 4.98 Å². The molecule has 1 fully saturated rings. The van der Waals surface area contributed by atoms with Gasteiger partial charge in [-0.2, -0.15) is 0 Å². The van der Waals surface area contributed by atoms with Gasteiger partial charge in [-0.1, -0.05) is 0 Å². The topological polar surface area (TPSA) is 59.2 Å². The van der Waals surface area contributed by atoms with Crippen molar-refractivity contribution in [2.75, 3.05) is 17.2 Å². The number of rotatable bonds is 1. The summed E-state index contributed by atoms with van der Waals surface area (Å²) in [5.41, 5.74) is 6.11. The summed E-state index contributed by atoms with van der Waals surface area (Å²) in [6.45, 7) is 0.774. The lowest BCUT2D eigenvalue weighted by molar-refractivity contribution is -0.117. The molecule has 0 bridgehead atoms. The Kier molecular flexibility index (Phi) is 1.88. The number of carbonyl (C=O) groups excluding carboxylic acids is 1. The van der Waals surface area contributed by atoms with Crippen molar-refractivity contribution in [3.63, 3.8) is 0 Å². The van der Waals surface area contributed by atoms with Crippen molar-refractivity contribution in [3.8, 4) is 0 Å². The first-order valence-electron chi connectivity index (χ1n) is 4.29. The molecule has 2 rings (SSSR count). The summed E-state index contributed by atoms with van der Waals surface area (Å²) in [5, 5.41) is 0. The van der Waals surface area contributed by atoms with Crippen LogP contribution in [0.4, 0.5) is 11.5 Å². The van der Waals surface area contributed by atoms with E-state index in [1.807, 2.05) is 0 Å². The van der Waals surface area contributed by atoms with Crippen LogP contribution in [0.3, 0.4) is 0 Å². The van der Waals surface area contributed by atoms with Gasteiger partial charge < -0.3 is 5.73 Å². The van der Waals surface area contributed by atoms with Gasteiger partial charge in [-0.05, 0) is 18.6 Å². The summed E-state index contributed by atoms with van der Waals surface area (Å²) in [7, 11) is 0. The summed E-state index contributed by atoms with van der Waals surface area (Å²) in [5.74, 6) is 0.856. The first kappa shape index (κ1) is 8.04. The highest BCUT2D eigenvalue weighted by molar-refractivity contribution is 5.94. The third-order valence-electron chi connectivity index (χ3n) is 2.12. The van der Waals surface area contributed by atoms with Gasteiger partial charge in [-0.15, -0.1) is 0 Å². The minimum atomic E-state index is 0.150. The fourth-order valence-electron chi connectivity index (χ4n) is 1.45. The van der Waals surface area contributed by atoms with E-state index >= 15 is 0 Å². The second kappa shape index (κ2) is 3.05. The Bertz CT molecular complexity index is 320. The van der Waals surface area contributed by atoms with E-state index < -0.39 is 0 Å². The smallest absolute Gasteiger partial charge is 0.228 e. The highest BCUT2D eigenvalue weighted by atomic mass is 16.2. The molecule has 4 heteroatoms. The summed E-state index contributed by atoms with van der Waals surface area (Å²) in [6.07, 6.45) is 3.12. The van der Waals surface area contributed by atoms with Crippen LogP contribution in [0.1, 0.15) is 12.8 Å². The van der Waals surface area contributed by atoms with Crippen LogP contribution in [-0.4, -0.2) is 17.4 Å². The monoisotopic (exact) mass is 177 g/mol. The second-order valence-corrected chi connectivity index (χ2v) is 3.10. The van der Waals surface area contributed by atoms with Gasteiger partial charge in [0.25, 0.3) is 0 Å². The van der Waals surface area contributed by atoms with E-state index in [4.69, 9.17) is 5.73 Å². The molecule has 4 nitrogen and oxygen atoms in total. The van der Waals surface area contributed by atoms with Crippen LogP contribution in [0.25, 0.3) is 0 Å². The zero-order valence-corrected chi connectivity index (χ0v) is 7.23. The molecule has 68 valence electrons. The number of anilines is 2. The zero-order chi connectivity index (χ0) is 9.26. The van der Waals surface area contributed by atoms with E-state index in [0.29, 0.717) is 17.9 Å². The number of nitrogens with zero attached hydrogens (tertiary/aromatic N) is 2. The van der Waals surface area contributed by atoms with Gasteiger partial charge in [0.05, 0.1) is 11.9 Å². The van der Waals surface area contributed by atoms with E-state index in [1.54, 1.807) is 23.2 Å². The van der Waals surface area contributed by atoms with Crippen molar-refractivity contribution in [2.24, 2.45) is 0 Å². The van der Waals surface area contributed by atoms with Gasteiger partial charge in [0.15, 0.2) is 0 Å². The van der Waals surface area contributed by atoms with Crippen molar-refractivity contribution in [3.05, 3.63) is 18.3 Å². The van der Waals surface area contributed by atoms with Crippen LogP contribution in [-0.2, 0) is 4.79 Å². The molecule has 0 aromatic carbocycles. The number of hydrogen-bond donors (Lipinski definition) is 1. The highest BCUT2D eigenvalue weighted by Crippen LogP contribution is 2.18. The van der Waals surface area contributed by atoms with Crippen LogP contribution >= 0.6 is 0 Å². The Morgan fingerprint density at radius 3 is 2.85 bits per heavy atom. The predicted octanol–water partition coefficient (Wildman–Crippen LogP) is 0.791. The van der Waals surface area contributed by atoms with Gasteiger partial charge in [-0.25, -0.2) is 4.98 Å². The minimum absolute atomic E-state index is 0.150. The molecule has 1 aliphatic rings. The Hall–Kier alpha value is -1.58. The minimum Gasteiger partial charge on any atom is -0.397 e. The first-order chi connectivity index (χ1) is 6.27. The number of carbonyl (C=O) groups is 1. The number of hydrogen-bond acceptors (Lipinski definition) is 3. The Morgan fingerprint density at radius 1 is 1.46 bits per heavy atom. The van der Waals surface area contributed by atoms with E-state index in [9.17, 15) is 4.79 Å². The van der Waals surface area contributed by atoms with Gasteiger partial charge in [0, 0.05) is 13.0 Å². The maximum atomic E-state index is 11.3. The average Bonchev–Trinajstić information content (AvgIpc) is 2.53. The number of nitrogen functional groups attached to an aromatic ring is 1. The molecule has 1 aliphatic heterocycles. The molecule has 1 aromatic rings. The normalized spacial score (nSPS) is 16.6. The lowest BCUT2D eigenvalue weighted by Crippen LogP contribution is -2.24. The fraction of sp³-hybridized carbons (Fsp3) is 0.333. The van der Waals surface area contributed by atoms with Gasteiger partial charge >= 0.3 is 0 Å². The van der Waals surface area contributed by atoms with Crippen LogP contribution in [0.15, 0.2) is 18.3 Å². The molecule has 0 unspecified atom stereocenters. The maximum Gasteiger partial charge on any atom is 0.228 e. The van der Waals surface area contributed by atoms with E-state index in [-0.39, 0.29) is 5.91 Å². The largest absolute Gasteiger partial charge is 0.397 e. The first-order valence-corrected chi connectivity index (χ1v) is 4.29. The van der Waals surface area contributed by atoms with Gasteiger partial charge in [0.1, 0.15) is 5.82 Å². The third kappa shape index (κ3) is 1.47. The molecule has 0 saturated carbocycles. The van der Waals surface area contributed by atoms with Crippen LogP contribution in [0, 0.1) is 0 Å². The predicted molar refractivity (Wildman–Crippen MR) is 50.2 cm³/mol. The second-order valence-electron chi connectivity index (χ2n) is 3.10. The standard InChI is InChI=1S/C9H11N3O/c10-7-3-4-8(11-6-7)12-5-1-2-9(12)13/h3-4,6H,1-2,5,10H2. The highest BCUT2D eigenvalue weighted by Gasteiger charge is 2.22. The van der Waals surface area contributed by atoms with Crippen LogP contribution in [0.2, 0.25) is 0 Å². The molecule has 2 N–H and O–H groups in total. The van der Waals surface area contributed by atoms with E-state index in [0.717, 1.165) is 13.0 Å². The van der Waals surface area contributed by atoms with Crippen molar-refractivity contribution >= 4 is 17.4 Å². The molecular formula is C9H11N3O. The lowest BCUT2D eigenvalue weighted by Gasteiger charge is -2.13. The van der Waals surface area contributed by atoms with Gasteiger partial charge in [0.2, 0.25) is 5.91 Å². The quantitative estimate of drug-likeness (QED) is 0.690. The number of nitrogens with two attached hydrogens (primary N) is 1. The molecule has 0 radical (unpaired) electrons. The summed E-state index contributed by atoms with van der Waals surface area (Å²) in [4.78, 5) is 17.1. The summed E-state index contributed by atoms with van der Waals surface area (Å²) >= 11 is 0. The molecule has 0 aliphatic carbocycles. The molecule has 0 spiro atoms. The summed E-state index contributed by atoms with van der Waals surface area (Å²) in [6, 6.07) is 3.53. The van der Waals surface area contributed by atoms with Crippen molar-refractivity contribution in [1.82, 2.24) is 4.98 Å². The maximum absolute atomic E-state index is 11.3. The SMILES string of the molecule is Nc1ccc(N2CCCC2=O)nc1. The molecule has 1 saturated heterocycles. The molecule has 1 amide bonds. The van der Waals surface area contributed by atoms with Gasteiger partial charge in [-0.3, -0.25) is 9.69 Å². The fourth-order valence-corrected chi connectivity index (χ4v) is 1.45. The zero-order valence-electron chi connectivity index (χ0n) is 7.23.